The lowest BCUT2D eigenvalue weighted by Crippen LogP contribution is -2.27. The van der Waals surface area contributed by atoms with Crippen molar-refractivity contribution in [1.29, 1.82) is 0 Å². The molecule has 1 heterocycles. The van der Waals surface area contributed by atoms with Gasteiger partial charge in [-0.2, -0.15) is 0 Å². The maximum absolute atomic E-state index is 5.98. The highest BCUT2D eigenvalue weighted by Crippen LogP contribution is 2.25. The third-order valence-corrected chi connectivity index (χ3v) is 3.87. The van der Waals surface area contributed by atoms with Gasteiger partial charge in [0.2, 0.25) is 0 Å². The SMILES string of the molecule is CC1CCNC1Cc1ccc(Cl)c(Cl)c1. The van der Waals surface area contributed by atoms with E-state index in [4.69, 9.17) is 23.2 Å². The van der Waals surface area contributed by atoms with Gasteiger partial charge in [0.25, 0.3) is 0 Å². The smallest absolute Gasteiger partial charge is 0.0595 e. The van der Waals surface area contributed by atoms with E-state index in [1.165, 1.54) is 12.0 Å². The van der Waals surface area contributed by atoms with Gasteiger partial charge in [-0.15, -0.1) is 0 Å². The summed E-state index contributed by atoms with van der Waals surface area (Å²) in [5.41, 5.74) is 1.26. The molecule has 1 nitrogen and oxygen atoms in total. The molecule has 0 saturated carbocycles. The first kappa shape index (κ1) is 11.3. The Morgan fingerprint density at radius 3 is 2.73 bits per heavy atom. The number of nitrogens with one attached hydrogen (secondary N) is 1. The molecule has 2 unspecified atom stereocenters. The maximum Gasteiger partial charge on any atom is 0.0595 e. The predicted molar refractivity (Wildman–Crippen MR) is 65.7 cm³/mol. The number of rotatable bonds is 2. The molecule has 1 N–H and O–H groups in total. The summed E-state index contributed by atoms with van der Waals surface area (Å²) in [6.45, 7) is 3.43. The average molecular weight is 244 g/mol. The van der Waals surface area contributed by atoms with Gasteiger partial charge < -0.3 is 5.32 Å². The molecule has 2 rings (SSSR count). The molecule has 0 aliphatic carbocycles. The lowest BCUT2D eigenvalue weighted by Gasteiger charge is -2.15. The number of hydrogen-bond acceptors (Lipinski definition) is 1. The molecule has 1 aliphatic rings. The molecule has 1 aromatic rings. The van der Waals surface area contributed by atoms with Gasteiger partial charge in [-0.25, -0.2) is 0 Å². The summed E-state index contributed by atoms with van der Waals surface area (Å²) < 4.78 is 0. The minimum absolute atomic E-state index is 0.585. The van der Waals surface area contributed by atoms with Gasteiger partial charge in [-0.05, 0) is 43.0 Å². The zero-order valence-corrected chi connectivity index (χ0v) is 10.3. The van der Waals surface area contributed by atoms with Gasteiger partial charge in [0.15, 0.2) is 0 Å². The van der Waals surface area contributed by atoms with E-state index in [0.717, 1.165) is 18.9 Å². The fourth-order valence-electron chi connectivity index (χ4n) is 2.09. The van der Waals surface area contributed by atoms with E-state index in [-0.39, 0.29) is 0 Å². The van der Waals surface area contributed by atoms with Crippen LogP contribution in [-0.2, 0) is 6.42 Å². The highest BCUT2D eigenvalue weighted by Gasteiger charge is 2.22. The van der Waals surface area contributed by atoms with Crippen LogP contribution in [0.3, 0.4) is 0 Å². The van der Waals surface area contributed by atoms with Crippen LogP contribution >= 0.6 is 23.2 Å². The van der Waals surface area contributed by atoms with Gasteiger partial charge in [0.05, 0.1) is 10.0 Å². The molecule has 0 bridgehead atoms. The van der Waals surface area contributed by atoms with E-state index in [2.05, 4.69) is 18.3 Å². The standard InChI is InChI=1S/C12H15Cl2N/c1-8-4-5-15-12(8)7-9-2-3-10(13)11(14)6-9/h2-3,6,8,12,15H,4-5,7H2,1H3. The van der Waals surface area contributed by atoms with Crippen LogP contribution in [0.1, 0.15) is 18.9 Å². The summed E-state index contributed by atoms with van der Waals surface area (Å²) in [6, 6.07) is 6.48. The zero-order valence-electron chi connectivity index (χ0n) is 8.76. The summed E-state index contributed by atoms with van der Waals surface area (Å²) in [5.74, 6) is 0.749. The second kappa shape index (κ2) is 4.73. The Bertz CT molecular complexity index is 351. The summed E-state index contributed by atoms with van der Waals surface area (Å²) in [6.07, 6.45) is 2.31. The number of benzene rings is 1. The van der Waals surface area contributed by atoms with Gasteiger partial charge in [0, 0.05) is 6.04 Å². The van der Waals surface area contributed by atoms with E-state index in [0.29, 0.717) is 16.1 Å². The van der Waals surface area contributed by atoms with Gasteiger partial charge in [-0.3, -0.25) is 0 Å². The highest BCUT2D eigenvalue weighted by molar-refractivity contribution is 6.42. The fourth-order valence-corrected chi connectivity index (χ4v) is 2.41. The van der Waals surface area contributed by atoms with Crippen molar-refractivity contribution in [3.8, 4) is 0 Å². The summed E-state index contributed by atoms with van der Waals surface area (Å²) in [7, 11) is 0. The van der Waals surface area contributed by atoms with Crippen molar-refractivity contribution in [2.75, 3.05) is 6.54 Å². The third kappa shape index (κ3) is 2.66. The van der Waals surface area contributed by atoms with Gasteiger partial charge in [-0.1, -0.05) is 36.2 Å². The van der Waals surface area contributed by atoms with E-state index >= 15 is 0 Å². The van der Waals surface area contributed by atoms with Crippen molar-refractivity contribution in [2.45, 2.75) is 25.8 Å². The Hall–Kier alpha value is -0.240. The molecular formula is C12H15Cl2N. The molecule has 1 aliphatic heterocycles. The molecule has 1 aromatic carbocycles. The summed E-state index contributed by atoms with van der Waals surface area (Å²) >= 11 is 11.9. The Kier molecular flexibility index (Phi) is 3.55. The molecule has 0 aromatic heterocycles. The second-order valence-corrected chi connectivity index (χ2v) is 5.09. The third-order valence-electron chi connectivity index (χ3n) is 3.13. The lowest BCUT2D eigenvalue weighted by atomic mass is 9.96. The largest absolute Gasteiger partial charge is 0.313 e. The Balaban J connectivity index is 2.07. The normalized spacial score (nSPS) is 25.8. The van der Waals surface area contributed by atoms with Crippen LogP contribution < -0.4 is 5.32 Å². The van der Waals surface area contributed by atoms with Crippen molar-refractivity contribution in [2.24, 2.45) is 5.92 Å². The Morgan fingerprint density at radius 1 is 1.33 bits per heavy atom. The molecular weight excluding hydrogens is 229 g/mol. The van der Waals surface area contributed by atoms with Crippen LogP contribution in [0.25, 0.3) is 0 Å². The van der Waals surface area contributed by atoms with E-state index in [1.54, 1.807) is 0 Å². The summed E-state index contributed by atoms with van der Waals surface area (Å²) in [5, 5.41) is 4.80. The minimum atomic E-state index is 0.585. The summed E-state index contributed by atoms with van der Waals surface area (Å²) in [4.78, 5) is 0. The predicted octanol–water partition coefficient (Wildman–Crippen LogP) is 3.53. The molecule has 3 heteroatoms. The molecule has 2 atom stereocenters. The van der Waals surface area contributed by atoms with Crippen molar-refractivity contribution in [3.05, 3.63) is 33.8 Å². The van der Waals surface area contributed by atoms with Gasteiger partial charge in [0.1, 0.15) is 0 Å². The second-order valence-electron chi connectivity index (χ2n) is 4.28. The van der Waals surface area contributed by atoms with E-state index in [9.17, 15) is 0 Å². The maximum atomic E-state index is 5.98. The molecule has 1 saturated heterocycles. The topological polar surface area (TPSA) is 12.0 Å². The monoisotopic (exact) mass is 243 g/mol. The Morgan fingerprint density at radius 2 is 2.13 bits per heavy atom. The Labute approximate surface area is 101 Å². The minimum Gasteiger partial charge on any atom is -0.313 e. The van der Waals surface area contributed by atoms with Crippen molar-refractivity contribution in [3.63, 3.8) is 0 Å². The first-order valence-electron chi connectivity index (χ1n) is 5.34. The molecule has 0 amide bonds. The first-order chi connectivity index (χ1) is 7.16. The van der Waals surface area contributed by atoms with Crippen LogP contribution in [0.5, 0.6) is 0 Å². The average Bonchev–Trinajstić information content (AvgIpc) is 2.59. The number of hydrogen-bond donors (Lipinski definition) is 1. The van der Waals surface area contributed by atoms with Crippen molar-refractivity contribution in [1.82, 2.24) is 5.32 Å². The molecule has 1 fully saturated rings. The van der Waals surface area contributed by atoms with Crippen LogP contribution in [0, 0.1) is 5.92 Å². The van der Waals surface area contributed by atoms with Crippen LogP contribution in [0.2, 0.25) is 10.0 Å². The fraction of sp³-hybridized carbons (Fsp3) is 0.500. The van der Waals surface area contributed by atoms with Crippen molar-refractivity contribution < 1.29 is 0 Å². The molecule has 15 heavy (non-hydrogen) atoms. The van der Waals surface area contributed by atoms with Gasteiger partial charge >= 0.3 is 0 Å². The molecule has 0 spiro atoms. The van der Waals surface area contributed by atoms with Crippen LogP contribution in [0.4, 0.5) is 0 Å². The molecule has 82 valence electrons. The number of halogens is 2. The lowest BCUT2D eigenvalue weighted by molar-refractivity contribution is 0.480. The first-order valence-corrected chi connectivity index (χ1v) is 6.09. The quantitative estimate of drug-likeness (QED) is 0.839. The highest BCUT2D eigenvalue weighted by atomic mass is 35.5. The van der Waals surface area contributed by atoms with E-state index in [1.807, 2.05) is 12.1 Å². The van der Waals surface area contributed by atoms with E-state index < -0.39 is 0 Å². The van der Waals surface area contributed by atoms with Crippen molar-refractivity contribution >= 4 is 23.2 Å². The zero-order chi connectivity index (χ0) is 10.8. The van der Waals surface area contributed by atoms with Crippen LogP contribution in [0.15, 0.2) is 18.2 Å². The molecule has 0 radical (unpaired) electrons. The van der Waals surface area contributed by atoms with Crippen LogP contribution in [-0.4, -0.2) is 12.6 Å².